The fourth-order valence-corrected chi connectivity index (χ4v) is 3.48. The zero-order valence-corrected chi connectivity index (χ0v) is 15.7. The Morgan fingerprint density at radius 1 is 1.20 bits per heavy atom. The topological polar surface area (TPSA) is 53.2 Å². The van der Waals surface area contributed by atoms with Gasteiger partial charge in [0.05, 0.1) is 11.4 Å². The number of pyridine rings is 1. The normalized spacial score (nSPS) is 11.7. The Hall–Kier alpha value is -2.40. The Morgan fingerprint density at radius 3 is 2.60 bits per heavy atom. The minimum Gasteiger partial charge on any atom is -0.329 e. The van der Waals surface area contributed by atoms with Gasteiger partial charge in [0.1, 0.15) is 0 Å². The van der Waals surface area contributed by atoms with Gasteiger partial charge in [-0.2, -0.15) is 0 Å². The van der Waals surface area contributed by atoms with E-state index in [0.717, 1.165) is 16.5 Å². The Balaban J connectivity index is 2.02. The molecule has 25 heavy (non-hydrogen) atoms. The molecule has 130 valence electrons. The third kappa shape index (κ3) is 3.66. The van der Waals surface area contributed by atoms with E-state index in [9.17, 15) is 9.59 Å². The molecular weight excluding hydrogens is 332 g/mol. The molecule has 0 spiro atoms. The summed E-state index contributed by atoms with van der Waals surface area (Å²) >= 11 is 1.42. The first kappa shape index (κ1) is 17.4. The molecule has 0 aliphatic rings. The van der Waals surface area contributed by atoms with Gasteiger partial charge < -0.3 is 9.88 Å². The molecule has 0 bridgehead atoms. The summed E-state index contributed by atoms with van der Waals surface area (Å²) in [6, 6.07) is 11.5. The molecule has 1 N–H and O–H groups in total. The lowest BCUT2D eigenvalue weighted by Crippen LogP contribution is -2.45. The van der Waals surface area contributed by atoms with Crippen LogP contribution in [0.2, 0.25) is 0 Å². The molecule has 2 heterocycles. The maximum atomic E-state index is 12.9. The lowest BCUT2D eigenvalue weighted by atomic mass is 10.0. The molecule has 0 saturated heterocycles. The Labute approximate surface area is 151 Å². The molecule has 0 aliphatic heterocycles. The molecule has 0 saturated carbocycles. The van der Waals surface area contributed by atoms with Gasteiger partial charge in [-0.1, -0.05) is 17.7 Å². The van der Waals surface area contributed by atoms with E-state index in [-0.39, 0.29) is 18.0 Å². The molecule has 1 aromatic carbocycles. The van der Waals surface area contributed by atoms with Crippen LogP contribution in [0.15, 0.2) is 46.6 Å². The van der Waals surface area contributed by atoms with Gasteiger partial charge in [-0.25, -0.2) is 0 Å². The molecule has 2 aromatic heterocycles. The summed E-state index contributed by atoms with van der Waals surface area (Å²) in [5, 5.41) is 2.87. The average molecular weight is 354 g/mol. The second-order valence-electron chi connectivity index (χ2n) is 7.25. The second kappa shape index (κ2) is 6.48. The molecule has 0 fully saturated rings. The predicted molar refractivity (Wildman–Crippen MR) is 103 cm³/mol. The number of nitrogens with zero attached hydrogens (tertiary/aromatic N) is 1. The first-order chi connectivity index (χ1) is 11.8. The highest BCUT2D eigenvalue weighted by atomic mass is 32.1. The molecule has 1 amide bonds. The third-order valence-corrected chi connectivity index (χ3v) is 5.05. The summed E-state index contributed by atoms with van der Waals surface area (Å²) < 4.78 is 0. The molecule has 0 atom stereocenters. The maximum absolute atomic E-state index is 12.9. The number of nitrogens with one attached hydrogen (secondary N) is 1. The highest BCUT2D eigenvalue weighted by Gasteiger charge is 2.28. The minimum atomic E-state index is -0.394. The molecule has 0 radical (unpaired) electrons. The van der Waals surface area contributed by atoms with E-state index in [0.29, 0.717) is 10.4 Å². The number of aryl methyl sites for hydroxylation is 1. The van der Waals surface area contributed by atoms with Crippen molar-refractivity contribution >= 4 is 28.1 Å². The van der Waals surface area contributed by atoms with Gasteiger partial charge in [0.2, 0.25) is 0 Å². The van der Waals surface area contributed by atoms with Crippen LogP contribution in [-0.4, -0.2) is 21.3 Å². The van der Waals surface area contributed by atoms with Gasteiger partial charge in [0, 0.05) is 16.6 Å². The average Bonchev–Trinajstić information content (AvgIpc) is 3.06. The van der Waals surface area contributed by atoms with E-state index in [1.165, 1.54) is 11.3 Å². The number of aromatic amines is 1. The van der Waals surface area contributed by atoms with Crippen molar-refractivity contribution in [3.05, 3.63) is 68.1 Å². The number of amides is 1. The fraction of sp³-hybridized carbons (Fsp3) is 0.300. The molecule has 5 heteroatoms. The number of carbonyl (C=O) groups is 1. The van der Waals surface area contributed by atoms with Crippen molar-refractivity contribution in [2.24, 2.45) is 0 Å². The van der Waals surface area contributed by atoms with Crippen molar-refractivity contribution in [3.8, 4) is 0 Å². The molecular formula is C20H22N2O2S. The van der Waals surface area contributed by atoms with Crippen molar-refractivity contribution in [2.75, 3.05) is 0 Å². The van der Waals surface area contributed by atoms with Crippen LogP contribution in [0.4, 0.5) is 0 Å². The van der Waals surface area contributed by atoms with Gasteiger partial charge in [0.25, 0.3) is 11.5 Å². The van der Waals surface area contributed by atoms with Crippen molar-refractivity contribution in [1.82, 2.24) is 9.88 Å². The van der Waals surface area contributed by atoms with Gasteiger partial charge in [0.15, 0.2) is 0 Å². The first-order valence-electron chi connectivity index (χ1n) is 8.24. The van der Waals surface area contributed by atoms with Gasteiger partial charge in [-0.3, -0.25) is 9.59 Å². The molecule has 4 nitrogen and oxygen atoms in total. The second-order valence-corrected chi connectivity index (χ2v) is 8.20. The zero-order chi connectivity index (χ0) is 18.2. The molecule has 3 aromatic rings. The number of benzene rings is 1. The van der Waals surface area contributed by atoms with Gasteiger partial charge >= 0.3 is 0 Å². The van der Waals surface area contributed by atoms with Crippen LogP contribution in [0, 0.1) is 6.92 Å². The van der Waals surface area contributed by atoms with Crippen LogP contribution in [0.25, 0.3) is 10.9 Å². The SMILES string of the molecule is Cc1ccc2[nH]c(=O)c(CN(C(=O)c3cccs3)C(C)(C)C)cc2c1. The van der Waals surface area contributed by atoms with Crippen LogP contribution in [-0.2, 0) is 6.54 Å². The third-order valence-electron chi connectivity index (χ3n) is 4.19. The number of hydrogen-bond donors (Lipinski definition) is 1. The van der Waals surface area contributed by atoms with E-state index in [4.69, 9.17) is 0 Å². The lowest BCUT2D eigenvalue weighted by Gasteiger charge is -2.35. The van der Waals surface area contributed by atoms with E-state index < -0.39 is 5.54 Å². The number of H-pyrrole nitrogens is 1. The number of thiophene rings is 1. The summed E-state index contributed by atoms with van der Waals surface area (Å²) in [5.41, 5.74) is 2.00. The van der Waals surface area contributed by atoms with E-state index in [2.05, 4.69) is 4.98 Å². The Kier molecular flexibility index (Phi) is 4.52. The van der Waals surface area contributed by atoms with Crippen molar-refractivity contribution in [2.45, 2.75) is 39.8 Å². The monoisotopic (exact) mass is 354 g/mol. The summed E-state index contributed by atoms with van der Waals surface area (Å²) in [6.45, 7) is 8.25. The van der Waals surface area contributed by atoms with Crippen LogP contribution in [0.5, 0.6) is 0 Å². The van der Waals surface area contributed by atoms with Crippen LogP contribution in [0.3, 0.4) is 0 Å². The lowest BCUT2D eigenvalue weighted by molar-refractivity contribution is 0.0563. The Bertz CT molecular complexity index is 966. The smallest absolute Gasteiger partial charge is 0.264 e. The number of carbonyl (C=O) groups excluding carboxylic acids is 1. The zero-order valence-electron chi connectivity index (χ0n) is 14.9. The first-order valence-corrected chi connectivity index (χ1v) is 9.12. The number of hydrogen-bond acceptors (Lipinski definition) is 3. The van der Waals surface area contributed by atoms with Crippen LogP contribution < -0.4 is 5.56 Å². The van der Waals surface area contributed by atoms with E-state index >= 15 is 0 Å². The van der Waals surface area contributed by atoms with Crippen LogP contribution >= 0.6 is 11.3 Å². The highest BCUT2D eigenvalue weighted by Crippen LogP contribution is 2.23. The summed E-state index contributed by atoms with van der Waals surface area (Å²) in [7, 11) is 0. The van der Waals surface area contributed by atoms with Gasteiger partial charge in [-0.05, 0) is 62.7 Å². The van der Waals surface area contributed by atoms with Crippen LogP contribution in [0.1, 0.15) is 41.6 Å². The number of rotatable bonds is 3. The van der Waals surface area contributed by atoms with Crippen molar-refractivity contribution in [3.63, 3.8) is 0 Å². The van der Waals surface area contributed by atoms with Crippen molar-refractivity contribution < 1.29 is 4.79 Å². The summed E-state index contributed by atoms with van der Waals surface area (Å²) in [4.78, 5) is 30.8. The molecule has 0 aliphatic carbocycles. The molecule has 3 rings (SSSR count). The minimum absolute atomic E-state index is 0.0498. The molecule has 0 unspecified atom stereocenters. The van der Waals surface area contributed by atoms with E-state index in [1.54, 1.807) is 4.90 Å². The standard InChI is InChI=1S/C20H22N2O2S/c1-13-7-8-16-14(10-13)11-15(18(23)21-16)12-22(20(2,3)4)19(24)17-6-5-9-25-17/h5-11H,12H2,1-4H3,(H,21,23). The number of fused-ring (bicyclic) bond motifs is 1. The highest BCUT2D eigenvalue weighted by molar-refractivity contribution is 7.12. The van der Waals surface area contributed by atoms with Gasteiger partial charge in [-0.15, -0.1) is 11.3 Å². The maximum Gasteiger partial charge on any atom is 0.264 e. The summed E-state index contributed by atoms with van der Waals surface area (Å²) in [5.74, 6) is -0.0498. The van der Waals surface area contributed by atoms with Crippen molar-refractivity contribution in [1.29, 1.82) is 0 Å². The Morgan fingerprint density at radius 2 is 1.96 bits per heavy atom. The number of aromatic nitrogens is 1. The largest absolute Gasteiger partial charge is 0.329 e. The summed E-state index contributed by atoms with van der Waals surface area (Å²) in [6.07, 6.45) is 0. The van der Waals surface area contributed by atoms with E-state index in [1.807, 2.05) is 69.5 Å². The predicted octanol–water partition coefficient (Wildman–Crippen LogP) is 4.34. The quantitative estimate of drug-likeness (QED) is 0.761. The fourth-order valence-electron chi connectivity index (χ4n) is 2.81.